The van der Waals surface area contributed by atoms with Gasteiger partial charge in [-0.05, 0) is 31.6 Å². The lowest BCUT2D eigenvalue weighted by molar-refractivity contribution is -0.143. The lowest BCUT2D eigenvalue weighted by atomic mass is 9.82. The zero-order chi connectivity index (χ0) is 12.8. The average molecular weight is 244 g/mol. The number of aliphatic carboxylic acids is 1. The predicted octanol–water partition coefficient (Wildman–Crippen LogP) is -0.687. The van der Waals surface area contributed by atoms with E-state index in [1.54, 1.807) is 0 Å². The topological polar surface area (TPSA) is 113 Å². The second-order valence-electron chi connectivity index (χ2n) is 4.59. The molecule has 0 aliphatic heterocycles. The van der Waals surface area contributed by atoms with Gasteiger partial charge in [-0.2, -0.15) is 0 Å². The van der Waals surface area contributed by atoms with E-state index in [1.807, 2.05) is 0 Å². The Kier molecular flexibility index (Phi) is 5.37. The number of carboxylic acids is 1. The fourth-order valence-electron chi connectivity index (χ4n) is 2.07. The summed E-state index contributed by atoms with van der Waals surface area (Å²) >= 11 is 0. The number of amides is 1. The Morgan fingerprint density at radius 1 is 1.29 bits per heavy atom. The summed E-state index contributed by atoms with van der Waals surface area (Å²) in [7, 11) is 0. The van der Waals surface area contributed by atoms with Gasteiger partial charge in [0.1, 0.15) is 6.04 Å². The molecule has 1 saturated carbocycles. The van der Waals surface area contributed by atoms with E-state index >= 15 is 0 Å². The molecule has 0 heterocycles. The van der Waals surface area contributed by atoms with Crippen LogP contribution in [0, 0.1) is 11.8 Å². The maximum atomic E-state index is 11.3. The molecule has 17 heavy (non-hydrogen) atoms. The number of hydrogen-bond donors (Lipinski definition) is 4. The maximum Gasteiger partial charge on any atom is 0.306 e. The van der Waals surface area contributed by atoms with Crippen LogP contribution < -0.4 is 11.1 Å². The second kappa shape index (κ2) is 6.56. The number of nitrogens with two attached hydrogens (primary N) is 1. The average Bonchev–Trinajstić information content (AvgIpc) is 2.35. The number of aliphatic hydroxyl groups excluding tert-OH is 1. The summed E-state index contributed by atoms with van der Waals surface area (Å²) in [6.45, 7) is 0.149. The third-order valence-corrected chi connectivity index (χ3v) is 3.29. The van der Waals surface area contributed by atoms with Crippen LogP contribution in [-0.2, 0) is 9.59 Å². The minimum absolute atomic E-state index is 0.235. The lowest BCUT2D eigenvalue weighted by Gasteiger charge is -2.26. The monoisotopic (exact) mass is 244 g/mol. The van der Waals surface area contributed by atoms with Gasteiger partial charge in [-0.3, -0.25) is 9.59 Å². The largest absolute Gasteiger partial charge is 0.481 e. The third-order valence-electron chi connectivity index (χ3n) is 3.29. The van der Waals surface area contributed by atoms with E-state index in [0.717, 1.165) is 12.8 Å². The number of carbonyl (C=O) groups is 2. The number of aliphatic hydroxyl groups is 1. The molecular weight excluding hydrogens is 224 g/mol. The Labute approximate surface area is 100 Å². The van der Waals surface area contributed by atoms with Crippen molar-refractivity contribution in [2.45, 2.75) is 31.7 Å². The van der Waals surface area contributed by atoms with Crippen LogP contribution in [0.4, 0.5) is 0 Å². The summed E-state index contributed by atoms with van der Waals surface area (Å²) in [6, 6.07) is -0.870. The molecule has 1 rings (SSSR count). The van der Waals surface area contributed by atoms with Crippen LogP contribution in [0.15, 0.2) is 0 Å². The molecule has 1 aliphatic carbocycles. The number of carboxylic acid groups (broad SMARTS) is 1. The number of carbonyl (C=O) groups excluding carboxylic acids is 1. The van der Waals surface area contributed by atoms with Gasteiger partial charge in [0.2, 0.25) is 5.91 Å². The van der Waals surface area contributed by atoms with Crippen molar-refractivity contribution >= 4 is 11.9 Å². The van der Waals surface area contributed by atoms with Crippen molar-refractivity contribution < 1.29 is 19.8 Å². The summed E-state index contributed by atoms with van der Waals surface area (Å²) in [5.74, 6) is -0.996. The van der Waals surface area contributed by atoms with Gasteiger partial charge in [0, 0.05) is 6.54 Å². The van der Waals surface area contributed by atoms with Crippen LogP contribution in [0.1, 0.15) is 25.7 Å². The molecule has 6 nitrogen and oxygen atoms in total. The van der Waals surface area contributed by atoms with Crippen LogP contribution in [0.5, 0.6) is 0 Å². The highest BCUT2D eigenvalue weighted by Gasteiger charge is 2.26. The minimum Gasteiger partial charge on any atom is -0.481 e. The van der Waals surface area contributed by atoms with E-state index in [1.165, 1.54) is 0 Å². The Hall–Kier alpha value is -1.14. The highest BCUT2D eigenvalue weighted by Crippen LogP contribution is 2.28. The molecule has 1 atom stereocenters. The molecule has 0 spiro atoms. The van der Waals surface area contributed by atoms with Crippen molar-refractivity contribution in [2.24, 2.45) is 17.6 Å². The van der Waals surface area contributed by atoms with Crippen molar-refractivity contribution in [1.29, 1.82) is 0 Å². The van der Waals surface area contributed by atoms with E-state index in [4.69, 9.17) is 15.9 Å². The van der Waals surface area contributed by atoms with Crippen LogP contribution >= 0.6 is 0 Å². The molecule has 1 fully saturated rings. The summed E-state index contributed by atoms with van der Waals surface area (Å²) in [5, 5.41) is 20.2. The number of hydrogen-bond acceptors (Lipinski definition) is 4. The Morgan fingerprint density at radius 2 is 1.88 bits per heavy atom. The van der Waals surface area contributed by atoms with E-state index in [2.05, 4.69) is 5.32 Å². The molecule has 1 aliphatic rings. The van der Waals surface area contributed by atoms with Gasteiger partial charge in [0.05, 0.1) is 12.5 Å². The highest BCUT2D eigenvalue weighted by atomic mass is 16.4. The molecule has 0 aromatic carbocycles. The van der Waals surface area contributed by atoms with Gasteiger partial charge in [-0.15, -0.1) is 0 Å². The molecule has 0 aromatic heterocycles. The van der Waals surface area contributed by atoms with Gasteiger partial charge in [-0.1, -0.05) is 0 Å². The van der Waals surface area contributed by atoms with Crippen LogP contribution in [0.25, 0.3) is 0 Å². The molecule has 0 saturated heterocycles. The molecule has 5 N–H and O–H groups in total. The number of nitrogens with one attached hydrogen (secondary N) is 1. The Bertz CT molecular complexity index is 275. The molecule has 98 valence electrons. The Morgan fingerprint density at radius 3 is 2.35 bits per heavy atom. The van der Waals surface area contributed by atoms with Crippen LogP contribution in [-0.4, -0.2) is 41.3 Å². The summed E-state index contributed by atoms with van der Waals surface area (Å²) in [5.41, 5.74) is 5.35. The lowest BCUT2D eigenvalue weighted by Crippen LogP contribution is -2.44. The van der Waals surface area contributed by atoms with Gasteiger partial charge in [0.25, 0.3) is 0 Å². The summed E-state index contributed by atoms with van der Waals surface area (Å²) in [6.07, 6.45) is 2.96. The normalized spacial score (nSPS) is 26.2. The molecule has 0 radical (unpaired) electrons. The first-order chi connectivity index (χ1) is 8.04. The SMILES string of the molecule is N[C@@H](CO)C(=O)NC[C@H]1CC[C@H](C(=O)O)CC1. The Balaban J connectivity index is 2.22. The van der Waals surface area contributed by atoms with Crippen molar-refractivity contribution in [3.63, 3.8) is 0 Å². The molecule has 1 amide bonds. The van der Waals surface area contributed by atoms with E-state index < -0.39 is 12.0 Å². The first kappa shape index (κ1) is 13.9. The molecule has 0 bridgehead atoms. The van der Waals surface area contributed by atoms with E-state index in [-0.39, 0.29) is 18.4 Å². The van der Waals surface area contributed by atoms with Crippen molar-refractivity contribution in [2.75, 3.05) is 13.2 Å². The molecule has 0 aromatic rings. The molecular formula is C11H20N2O4. The predicted molar refractivity (Wildman–Crippen MR) is 61.2 cm³/mol. The zero-order valence-corrected chi connectivity index (χ0v) is 9.76. The second-order valence-corrected chi connectivity index (χ2v) is 4.59. The van der Waals surface area contributed by atoms with Gasteiger partial charge in [-0.25, -0.2) is 0 Å². The fraction of sp³-hybridized carbons (Fsp3) is 0.818. The van der Waals surface area contributed by atoms with Gasteiger partial charge >= 0.3 is 5.97 Å². The summed E-state index contributed by atoms with van der Waals surface area (Å²) < 4.78 is 0. The van der Waals surface area contributed by atoms with Crippen molar-refractivity contribution in [3.8, 4) is 0 Å². The minimum atomic E-state index is -0.870. The standard InChI is InChI=1S/C11H20N2O4/c12-9(6-14)10(15)13-5-7-1-3-8(4-2-7)11(16)17/h7-9,14H,1-6,12H2,(H,13,15)(H,16,17)/t7-,8-,9-/m0/s1. The van der Waals surface area contributed by atoms with E-state index in [0.29, 0.717) is 25.3 Å². The van der Waals surface area contributed by atoms with Crippen molar-refractivity contribution in [3.05, 3.63) is 0 Å². The third kappa shape index (κ3) is 4.32. The maximum absolute atomic E-state index is 11.3. The summed E-state index contributed by atoms with van der Waals surface area (Å²) in [4.78, 5) is 22.0. The van der Waals surface area contributed by atoms with Crippen LogP contribution in [0.3, 0.4) is 0 Å². The molecule has 6 heteroatoms. The fourth-order valence-corrected chi connectivity index (χ4v) is 2.07. The van der Waals surface area contributed by atoms with Gasteiger partial charge < -0.3 is 21.3 Å². The van der Waals surface area contributed by atoms with Crippen LogP contribution in [0.2, 0.25) is 0 Å². The number of rotatable bonds is 5. The molecule has 0 unspecified atom stereocenters. The highest BCUT2D eigenvalue weighted by molar-refractivity contribution is 5.81. The van der Waals surface area contributed by atoms with Crippen molar-refractivity contribution in [1.82, 2.24) is 5.32 Å². The smallest absolute Gasteiger partial charge is 0.306 e. The van der Waals surface area contributed by atoms with E-state index in [9.17, 15) is 9.59 Å². The van der Waals surface area contributed by atoms with Gasteiger partial charge in [0.15, 0.2) is 0 Å². The zero-order valence-electron chi connectivity index (χ0n) is 9.76. The first-order valence-electron chi connectivity index (χ1n) is 5.91. The first-order valence-corrected chi connectivity index (χ1v) is 5.91. The quantitative estimate of drug-likeness (QED) is 0.511.